The van der Waals surface area contributed by atoms with Gasteiger partial charge in [-0.2, -0.15) is 0 Å². The van der Waals surface area contributed by atoms with Gasteiger partial charge >= 0.3 is 0 Å². The van der Waals surface area contributed by atoms with Crippen LogP contribution in [0.4, 0.5) is 10.1 Å². The number of carbonyl (C=O) groups excluding carboxylic acids is 1. The SMILES string of the molecule is CCc1cc(=O)c2cc(F)c(N3CCC(NC(C)=O)C3)c(Cl)c2n1C1CC1. The number of aryl methyl sites for hydroxylation is 1. The number of pyridine rings is 1. The highest BCUT2D eigenvalue weighted by Crippen LogP contribution is 2.43. The summed E-state index contributed by atoms with van der Waals surface area (Å²) in [6, 6.07) is 3.23. The summed E-state index contributed by atoms with van der Waals surface area (Å²) in [6.45, 7) is 4.60. The van der Waals surface area contributed by atoms with E-state index in [1.54, 1.807) is 6.07 Å². The second-order valence-electron chi connectivity index (χ2n) is 7.50. The first kappa shape index (κ1) is 18.3. The molecule has 0 radical (unpaired) electrons. The Morgan fingerprint density at radius 3 is 2.70 bits per heavy atom. The van der Waals surface area contributed by atoms with E-state index in [9.17, 15) is 14.0 Å². The van der Waals surface area contributed by atoms with Gasteiger partial charge in [-0.3, -0.25) is 9.59 Å². The van der Waals surface area contributed by atoms with Gasteiger partial charge in [-0.15, -0.1) is 0 Å². The lowest BCUT2D eigenvalue weighted by Crippen LogP contribution is -2.35. The van der Waals surface area contributed by atoms with Crippen LogP contribution in [0.25, 0.3) is 10.9 Å². The first-order chi connectivity index (χ1) is 12.9. The Kier molecular flexibility index (Phi) is 4.62. The van der Waals surface area contributed by atoms with Crippen LogP contribution in [-0.4, -0.2) is 29.6 Å². The largest absolute Gasteiger partial charge is 0.366 e. The van der Waals surface area contributed by atoms with Crippen molar-refractivity contribution in [2.45, 2.75) is 51.6 Å². The molecule has 2 aromatic rings. The van der Waals surface area contributed by atoms with Crippen LogP contribution >= 0.6 is 11.6 Å². The smallest absolute Gasteiger partial charge is 0.217 e. The van der Waals surface area contributed by atoms with Crippen molar-refractivity contribution in [1.29, 1.82) is 0 Å². The molecule has 1 unspecified atom stereocenters. The molecule has 1 saturated carbocycles. The molecular weight excluding hydrogens is 369 g/mol. The third kappa shape index (κ3) is 3.20. The second-order valence-corrected chi connectivity index (χ2v) is 7.88. The van der Waals surface area contributed by atoms with Crippen molar-refractivity contribution >= 4 is 34.1 Å². The Morgan fingerprint density at radius 1 is 1.33 bits per heavy atom. The number of hydrogen-bond acceptors (Lipinski definition) is 3. The van der Waals surface area contributed by atoms with E-state index in [1.165, 1.54) is 13.0 Å². The van der Waals surface area contributed by atoms with Gasteiger partial charge in [-0.05, 0) is 31.7 Å². The summed E-state index contributed by atoms with van der Waals surface area (Å²) in [4.78, 5) is 25.8. The Labute approximate surface area is 162 Å². The number of aromatic nitrogens is 1. The fraction of sp³-hybridized carbons (Fsp3) is 0.500. The maximum absolute atomic E-state index is 15.0. The van der Waals surface area contributed by atoms with E-state index in [-0.39, 0.29) is 17.4 Å². The second kappa shape index (κ2) is 6.82. The van der Waals surface area contributed by atoms with Gasteiger partial charge in [0.1, 0.15) is 5.82 Å². The summed E-state index contributed by atoms with van der Waals surface area (Å²) < 4.78 is 17.1. The Balaban J connectivity index is 1.86. The van der Waals surface area contributed by atoms with Crippen molar-refractivity contribution in [1.82, 2.24) is 9.88 Å². The van der Waals surface area contributed by atoms with Gasteiger partial charge in [0, 0.05) is 43.9 Å². The molecule has 2 fully saturated rings. The number of amides is 1. The van der Waals surface area contributed by atoms with E-state index in [4.69, 9.17) is 11.6 Å². The van der Waals surface area contributed by atoms with Crippen molar-refractivity contribution in [3.8, 4) is 0 Å². The van der Waals surface area contributed by atoms with Crippen molar-refractivity contribution in [2.75, 3.05) is 18.0 Å². The van der Waals surface area contributed by atoms with Gasteiger partial charge in [0.15, 0.2) is 5.43 Å². The highest BCUT2D eigenvalue weighted by atomic mass is 35.5. The highest BCUT2D eigenvalue weighted by Gasteiger charge is 2.32. The fourth-order valence-electron chi connectivity index (χ4n) is 4.14. The molecule has 2 heterocycles. The lowest BCUT2D eigenvalue weighted by molar-refractivity contribution is -0.119. The van der Waals surface area contributed by atoms with Gasteiger partial charge in [-0.25, -0.2) is 4.39 Å². The lowest BCUT2D eigenvalue weighted by Gasteiger charge is -2.24. The van der Waals surface area contributed by atoms with Gasteiger partial charge in [0.25, 0.3) is 0 Å². The number of nitrogens with zero attached hydrogens (tertiary/aromatic N) is 2. The molecule has 1 N–H and O–H groups in total. The first-order valence-corrected chi connectivity index (χ1v) is 9.86. The zero-order valence-corrected chi connectivity index (χ0v) is 16.3. The molecule has 1 atom stereocenters. The first-order valence-electron chi connectivity index (χ1n) is 9.48. The van der Waals surface area contributed by atoms with Crippen molar-refractivity contribution in [3.05, 3.63) is 38.9 Å². The number of rotatable bonds is 4. The Bertz CT molecular complexity index is 984. The molecule has 1 saturated heterocycles. The van der Waals surface area contributed by atoms with E-state index < -0.39 is 5.82 Å². The Hall–Kier alpha value is -2.08. The van der Waals surface area contributed by atoms with Crippen LogP contribution in [-0.2, 0) is 11.2 Å². The molecule has 0 bridgehead atoms. The monoisotopic (exact) mass is 391 g/mol. The molecule has 1 aromatic carbocycles. The van der Waals surface area contributed by atoms with Crippen LogP contribution in [0.3, 0.4) is 0 Å². The summed E-state index contributed by atoms with van der Waals surface area (Å²) in [6.07, 6.45) is 3.54. The number of benzene rings is 1. The Morgan fingerprint density at radius 2 is 2.07 bits per heavy atom. The van der Waals surface area contributed by atoms with E-state index >= 15 is 0 Å². The predicted molar refractivity (Wildman–Crippen MR) is 105 cm³/mol. The summed E-state index contributed by atoms with van der Waals surface area (Å²) in [5.74, 6) is -0.582. The third-order valence-electron chi connectivity index (χ3n) is 5.47. The number of hydrogen-bond donors (Lipinski definition) is 1. The average Bonchev–Trinajstić information content (AvgIpc) is 3.35. The molecule has 7 heteroatoms. The zero-order valence-electron chi connectivity index (χ0n) is 15.5. The molecule has 1 aromatic heterocycles. The van der Waals surface area contributed by atoms with Crippen LogP contribution in [0.1, 0.15) is 44.8 Å². The minimum atomic E-state index is -0.486. The molecule has 5 nitrogen and oxygen atoms in total. The molecule has 1 aliphatic heterocycles. The molecule has 4 rings (SSSR count). The molecular formula is C20H23ClFN3O2. The van der Waals surface area contributed by atoms with E-state index in [0.29, 0.717) is 40.7 Å². The van der Waals surface area contributed by atoms with Crippen molar-refractivity contribution in [3.63, 3.8) is 0 Å². The fourth-order valence-corrected chi connectivity index (χ4v) is 4.55. The minimum Gasteiger partial charge on any atom is -0.366 e. The molecule has 1 amide bonds. The van der Waals surface area contributed by atoms with E-state index in [2.05, 4.69) is 9.88 Å². The number of halogens is 2. The summed E-state index contributed by atoms with van der Waals surface area (Å²) >= 11 is 6.73. The maximum atomic E-state index is 15.0. The maximum Gasteiger partial charge on any atom is 0.217 e. The highest BCUT2D eigenvalue weighted by molar-refractivity contribution is 6.38. The number of carbonyl (C=O) groups is 1. The normalized spacial score (nSPS) is 19.7. The van der Waals surface area contributed by atoms with Gasteiger partial charge < -0.3 is 14.8 Å². The summed E-state index contributed by atoms with van der Waals surface area (Å²) in [7, 11) is 0. The van der Waals surface area contributed by atoms with E-state index in [1.807, 2.05) is 11.8 Å². The van der Waals surface area contributed by atoms with Gasteiger partial charge in [-0.1, -0.05) is 18.5 Å². The molecule has 1 aliphatic carbocycles. The molecule has 2 aliphatic rings. The minimum absolute atomic E-state index is 0.0266. The van der Waals surface area contributed by atoms with E-state index in [0.717, 1.165) is 31.4 Å². The summed E-state index contributed by atoms with van der Waals surface area (Å²) in [5.41, 5.74) is 1.72. The van der Waals surface area contributed by atoms with Crippen molar-refractivity contribution < 1.29 is 9.18 Å². The quantitative estimate of drug-likeness (QED) is 0.869. The van der Waals surface area contributed by atoms with Gasteiger partial charge in [0.05, 0.1) is 21.6 Å². The van der Waals surface area contributed by atoms with Crippen LogP contribution in [0, 0.1) is 5.82 Å². The van der Waals surface area contributed by atoms with Crippen LogP contribution in [0.15, 0.2) is 16.9 Å². The molecule has 27 heavy (non-hydrogen) atoms. The summed E-state index contributed by atoms with van der Waals surface area (Å²) in [5, 5.41) is 3.52. The third-order valence-corrected chi connectivity index (χ3v) is 5.83. The average molecular weight is 392 g/mol. The standard InChI is InChI=1S/C20H23ClFN3O2/c1-3-13-8-17(27)15-9-16(22)20(18(21)19(15)25(13)14-4-5-14)24-7-6-12(10-24)23-11(2)26/h8-9,12,14H,3-7,10H2,1-2H3,(H,23,26). The number of anilines is 1. The van der Waals surface area contributed by atoms with Crippen molar-refractivity contribution in [2.24, 2.45) is 0 Å². The molecule has 144 valence electrons. The van der Waals surface area contributed by atoms with Crippen LogP contribution in [0.2, 0.25) is 5.02 Å². The zero-order chi connectivity index (χ0) is 19.3. The topological polar surface area (TPSA) is 54.3 Å². The number of nitrogens with one attached hydrogen (secondary N) is 1. The lowest BCUT2D eigenvalue weighted by atomic mass is 10.1. The van der Waals surface area contributed by atoms with Gasteiger partial charge in [0.2, 0.25) is 5.91 Å². The number of fused-ring (bicyclic) bond motifs is 1. The molecule has 0 spiro atoms. The van der Waals surface area contributed by atoms with Crippen LogP contribution in [0.5, 0.6) is 0 Å². The predicted octanol–water partition coefficient (Wildman–Crippen LogP) is 3.41. The van der Waals surface area contributed by atoms with Crippen LogP contribution < -0.4 is 15.6 Å².